The summed E-state index contributed by atoms with van der Waals surface area (Å²) in [7, 11) is 0. The van der Waals surface area contributed by atoms with E-state index in [1.54, 1.807) is 11.1 Å². The van der Waals surface area contributed by atoms with E-state index in [1.807, 2.05) is 4.90 Å². The number of aliphatic hydroxyl groups excluding tert-OH is 1. The van der Waals surface area contributed by atoms with Crippen molar-refractivity contribution in [2.75, 3.05) is 13.1 Å². The lowest BCUT2D eigenvalue weighted by Crippen LogP contribution is -2.63. The molecule has 28 heavy (non-hydrogen) atoms. The minimum atomic E-state index is -0.678. The fourth-order valence-corrected chi connectivity index (χ4v) is 4.92. The number of likely N-dealkylation sites (tertiary alicyclic amines) is 2. The summed E-state index contributed by atoms with van der Waals surface area (Å²) in [6, 6.07) is 0.208. The molecule has 1 unspecified atom stereocenters. The maximum absolute atomic E-state index is 13.5. The van der Waals surface area contributed by atoms with Gasteiger partial charge in [0.1, 0.15) is 5.54 Å². The lowest BCUT2D eigenvalue weighted by Gasteiger charge is -2.48. The molecule has 3 aliphatic rings. The normalized spacial score (nSPS) is 30.1. The monoisotopic (exact) mass is 392 g/mol. The fraction of sp³-hybridized carbons (Fsp3) is 0.684. The van der Waals surface area contributed by atoms with Crippen molar-refractivity contribution in [3.05, 3.63) is 18.0 Å². The summed E-state index contributed by atoms with van der Waals surface area (Å²) in [6.45, 7) is 1.15. The largest absolute Gasteiger partial charge is 0.483 e. The van der Waals surface area contributed by atoms with Crippen molar-refractivity contribution in [2.45, 2.75) is 69.1 Å². The second-order valence-electron chi connectivity index (χ2n) is 7.75. The number of piperidine rings is 1. The zero-order valence-electron chi connectivity index (χ0n) is 15.9. The smallest absolute Gasteiger partial charge is 0.290 e. The van der Waals surface area contributed by atoms with Crippen LogP contribution in [0.25, 0.3) is 0 Å². The van der Waals surface area contributed by atoms with Crippen LogP contribution in [0.15, 0.2) is 12.4 Å². The Morgan fingerprint density at radius 1 is 1.21 bits per heavy atom. The zero-order chi connectivity index (χ0) is 20.1. The molecule has 1 saturated carbocycles. The van der Waals surface area contributed by atoms with Gasteiger partial charge in [0.2, 0.25) is 5.91 Å². The molecule has 2 aliphatic heterocycles. The number of nitrogens with zero attached hydrogens (tertiary/aromatic N) is 3. The Kier molecular flexibility index (Phi) is 6.33. The molecule has 1 atom stereocenters. The zero-order valence-corrected chi connectivity index (χ0v) is 15.9. The third kappa shape index (κ3) is 3.76. The molecule has 1 aromatic rings. The van der Waals surface area contributed by atoms with Gasteiger partial charge in [0, 0.05) is 25.3 Å². The van der Waals surface area contributed by atoms with Gasteiger partial charge in [-0.2, -0.15) is 5.10 Å². The number of carboxylic acid groups (broad SMARTS) is 1. The first-order valence-electron chi connectivity index (χ1n) is 9.91. The third-order valence-corrected chi connectivity index (χ3v) is 6.23. The van der Waals surface area contributed by atoms with Crippen LogP contribution in [0.4, 0.5) is 0 Å². The van der Waals surface area contributed by atoms with Gasteiger partial charge in [-0.3, -0.25) is 19.5 Å². The van der Waals surface area contributed by atoms with Crippen LogP contribution in [0.3, 0.4) is 0 Å². The predicted molar refractivity (Wildman–Crippen MR) is 99.5 cm³/mol. The number of aromatic nitrogens is 2. The van der Waals surface area contributed by atoms with Crippen LogP contribution >= 0.6 is 0 Å². The van der Waals surface area contributed by atoms with E-state index in [9.17, 15) is 14.7 Å². The minimum absolute atomic E-state index is 0.0967. The Morgan fingerprint density at radius 3 is 2.46 bits per heavy atom. The molecule has 3 N–H and O–H groups in total. The maximum atomic E-state index is 13.5. The third-order valence-electron chi connectivity index (χ3n) is 6.23. The number of H-pyrrole nitrogens is 1. The van der Waals surface area contributed by atoms with Gasteiger partial charge in [0.05, 0.1) is 17.9 Å². The molecule has 154 valence electrons. The highest BCUT2D eigenvalue weighted by atomic mass is 16.3. The second kappa shape index (κ2) is 8.72. The van der Waals surface area contributed by atoms with E-state index in [2.05, 4.69) is 10.2 Å². The van der Waals surface area contributed by atoms with E-state index >= 15 is 0 Å². The molecule has 4 rings (SSSR count). The molecular weight excluding hydrogens is 364 g/mol. The van der Waals surface area contributed by atoms with Crippen LogP contribution in [-0.4, -0.2) is 79.3 Å². The van der Waals surface area contributed by atoms with Gasteiger partial charge in [-0.1, -0.05) is 0 Å². The van der Waals surface area contributed by atoms with E-state index in [-0.39, 0.29) is 30.4 Å². The van der Waals surface area contributed by atoms with Gasteiger partial charge in [0.25, 0.3) is 12.4 Å². The average Bonchev–Trinajstić information content (AvgIpc) is 3.36. The van der Waals surface area contributed by atoms with Crippen molar-refractivity contribution in [2.24, 2.45) is 0 Å². The molecule has 0 aromatic carbocycles. The Labute approximate surface area is 163 Å². The van der Waals surface area contributed by atoms with Crippen molar-refractivity contribution >= 4 is 18.3 Å². The van der Waals surface area contributed by atoms with Crippen LogP contribution in [0, 0.1) is 0 Å². The number of hydrogen-bond donors (Lipinski definition) is 3. The Balaban J connectivity index is 0.000000706. The topological polar surface area (TPSA) is 127 Å². The highest BCUT2D eigenvalue weighted by molar-refractivity contribution is 5.99. The molecule has 2 saturated heterocycles. The van der Waals surface area contributed by atoms with Gasteiger partial charge in [0.15, 0.2) is 0 Å². The number of aliphatic hydroxyl groups is 1. The van der Waals surface area contributed by atoms with Crippen molar-refractivity contribution in [1.29, 1.82) is 0 Å². The molecule has 1 aliphatic carbocycles. The van der Waals surface area contributed by atoms with Crippen molar-refractivity contribution in [3.63, 3.8) is 0 Å². The quantitative estimate of drug-likeness (QED) is 0.645. The van der Waals surface area contributed by atoms with E-state index in [0.717, 1.165) is 57.9 Å². The average molecular weight is 392 g/mol. The summed E-state index contributed by atoms with van der Waals surface area (Å²) in [4.78, 5) is 38.5. The molecule has 9 heteroatoms. The number of carbonyl (C=O) groups is 3. The van der Waals surface area contributed by atoms with Crippen LogP contribution in [0.2, 0.25) is 0 Å². The molecule has 1 spiro atoms. The first-order valence-corrected chi connectivity index (χ1v) is 9.91. The molecule has 3 fully saturated rings. The van der Waals surface area contributed by atoms with Crippen molar-refractivity contribution < 1.29 is 24.6 Å². The van der Waals surface area contributed by atoms with E-state index in [0.29, 0.717) is 12.1 Å². The first kappa shape index (κ1) is 20.3. The fourth-order valence-electron chi connectivity index (χ4n) is 4.92. The highest BCUT2D eigenvalue weighted by Gasteiger charge is 2.53. The lowest BCUT2D eigenvalue weighted by molar-refractivity contribution is -0.149. The summed E-state index contributed by atoms with van der Waals surface area (Å²) in [5.74, 6) is 0.0231. The van der Waals surface area contributed by atoms with Crippen LogP contribution in [-0.2, 0) is 9.59 Å². The number of nitrogens with one attached hydrogen (secondary N) is 1. The Morgan fingerprint density at radius 2 is 1.86 bits per heavy atom. The van der Waals surface area contributed by atoms with Gasteiger partial charge in [-0.15, -0.1) is 0 Å². The molecule has 2 amide bonds. The molecule has 3 heterocycles. The number of hydrogen-bond acceptors (Lipinski definition) is 5. The summed E-state index contributed by atoms with van der Waals surface area (Å²) < 4.78 is 0. The van der Waals surface area contributed by atoms with Gasteiger partial charge >= 0.3 is 0 Å². The Hall–Kier alpha value is -2.42. The summed E-state index contributed by atoms with van der Waals surface area (Å²) in [5, 5.41) is 23.2. The number of carbonyl (C=O) groups excluding carboxylic acids is 2. The van der Waals surface area contributed by atoms with Crippen LogP contribution in [0.5, 0.6) is 0 Å². The highest BCUT2D eigenvalue weighted by Crippen LogP contribution is 2.41. The van der Waals surface area contributed by atoms with Gasteiger partial charge < -0.3 is 20.0 Å². The predicted octanol–water partition coefficient (Wildman–Crippen LogP) is 1.01. The van der Waals surface area contributed by atoms with Crippen molar-refractivity contribution in [1.82, 2.24) is 20.0 Å². The minimum Gasteiger partial charge on any atom is -0.483 e. The maximum Gasteiger partial charge on any atom is 0.290 e. The van der Waals surface area contributed by atoms with Crippen LogP contribution < -0.4 is 0 Å². The molecule has 0 bridgehead atoms. The second-order valence-corrected chi connectivity index (χ2v) is 7.75. The molecule has 9 nitrogen and oxygen atoms in total. The number of amides is 2. The number of aromatic amines is 1. The lowest BCUT2D eigenvalue weighted by atomic mass is 9.82. The van der Waals surface area contributed by atoms with E-state index < -0.39 is 5.54 Å². The van der Waals surface area contributed by atoms with Gasteiger partial charge in [-0.25, -0.2) is 0 Å². The SMILES string of the molecule is O=C(c1cn[nH]c1)N1CCCC12CCCN(C1CCC(O)CC1)C2=O.O=CO. The van der Waals surface area contributed by atoms with Crippen molar-refractivity contribution in [3.8, 4) is 0 Å². The number of rotatable bonds is 2. The molecular formula is C19H28N4O5. The van der Waals surface area contributed by atoms with E-state index in [4.69, 9.17) is 9.90 Å². The molecule has 0 radical (unpaired) electrons. The Bertz CT molecular complexity index is 687. The molecule has 1 aromatic heterocycles. The first-order chi connectivity index (χ1) is 13.5. The van der Waals surface area contributed by atoms with E-state index in [1.165, 1.54) is 6.20 Å². The van der Waals surface area contributed by atoms with Crippen LogP contribution in [0.1, 0.15) is 61.7 Å². The summed E-state index contributed by atoms with van der Waals surface area (Å²) >= 11 is 0. The standard InChI is InChI=1S/C18H26N4O3.CH2O2/c23-15-5-3-14(4-6-15)21-9-1-7-18(17(21)25)8-2-10-22(18)16(24)13-11-19-20-12-13;2-1-3/h11-12,14-15,23H,1-10H2,(H,19,20);1H,(H,2,3). The van der Waals surface area contributed by atoms with Gasteiger partial charge in [-0.05, 0) is 51.4 Å². The summed E-state index contributed by atoms with van der Waals surface area (Å²) in [6.07, 6.45) is 9.45. The summed E-state index contributed by atoms with van der Waals surface area (Å²) in [5.41, 5.74) is -0.158.